The largest absolute Gasteiger partial charge is 0.451 e. The van der Waals surface area contributed by atoms with Crippen LogP contribution in [0.2, 0.25) is 0 Å². The molecular weight excluding hydrogens is 1700 g/mol. The van der Waals surface area contributed by atoms with E-state index in [1.165, 1.54) is 181 Å². The summed E-state index contributed by atoms with van der Waals surface area (Å²) in [7, 11) is 0. The normalized spacial score (nSPS) is 12.8. The van der Waals surface area contributed by atoms with Gasteiger partial charge >= 0.3 is 0 Å². The van der Waals surface area contributed by atoms with Crippen molar-refractivity contribution in [2.45, 2.75) is 154 Å². The molecule has 19 aromatic rings. The van der Waals surface area contributed by atoms with Crippen molar-refractivity contribution in [1.29, 1.82) is 0 Å². The van der Waals surface area contributed by atoms with Gasteiger partial charge in [-0.25, -0.2) is 0 Å². The predicted octanol–water partition coefficient (Wildman–Crippen LogP) is 36.3. The fraction of sp³-hybridized carbons (Fsp3) is 0.121. The Kier molecular flexibility index (Phi) is 25.6. The molecule has 0 amide bonds. The molecular formula is C116H99N5OS7. The van der Waals surface area contributed by atoms with Gasteiger partial charge < -0.3 is 28.3 Å². The van der Waals surface area contributed by atoms with Crippen molar-refractivity contribution >= 4 is 176 Å². The van der Waals surface area contributed by atoms with Gasteiger partial charge in [0, 0.05) is 100 Å². The minimum atomic E-state index is 0.861. The summed E-state index contributed by atoms with van der Waals surface area (Å²) in [6.07, 6.45) is 2.98. The number of para-hydroxylation sites is 6. The second-order valence-corrected chi connectivity index (χ2v) is 39.4. The van der Waals surface area contributed by atoms with E-state index in [1.54, 1.807) is 11.3 Å². The first-order valence-electron chi connectivity index (χ1n) is 44.6. The number of aryl methyl sites for hydroxylation is 5. The van der Waals surface area contributed by atoms with Crippen LogP contribution in [0.1, 0.15) is 103 Å². The van der Waals surface area contributed by atoms with Crippen molar-refractivity contribution in [3.8, 4) is 11.4 Å². The highest BCUT2D eigenvalue weighted by Gasteiger charge is 2.34. The molecule has 636 valence electrons. The van der Waals surface area contributed by atoms with E-state index in [0.717, 1.165) is 63.1 Å². The Hall–Kier alpha value is -12.1. The molecule has 13 heteroatoms. The van der Waals surface area contributed by atoms with Gasteiger partial charge in [0.05, 0.1) is 65.6 Å². The zero-order valence-corrected chi connectivity index (χ0v) is 80.0. The molecule has 0 unspecified atom stereocenters. The standard InChI is InChI=1S/C32H24N2OS.3C26H19NS2.3C2H6/c1-21-11-15-23(16-12-21)33-25-7-3-5-9-29(25)35-31-27(33)19-20-28-32(31)36-30-10-6-4-8-26(30)34(28)24-17-13-22(2)14-18-24;1-17-10-12-20(13-11-17)27-21-7-3-5-9-24(21)29-26-16-25-19(15-22(26)27)14-18-6-2-4-8-23(18)28-25;1-17-10-12-19(13-11-17)27-21-7-3-5-9-25(21)29-26-20-16-18-6-2-4-8-23(18)28-24(20)15-14-22(26)27;1-17-10-12-19(13-11-17)27-21-7-3-5-9-24(21)29-25-15-14-23-20(26(25)27)16-18-6-2-4-8-22(18)28-23;3*1-2/h3-20H,1-2H3;2-13,15-16H,14H2,1H3;2*2-15H,16H2,1H3;3*1-2H3. The Morgan fingerprint density at radius 2 is 0.620 bits per heavy atom. The molecule has 6 aliphatic rings. The second kappa shape index (κ2) is 38.3. The molecule has 8 heterocycles. The lowest BCUT2D eigenvalue weighted by Gasteiger charge is -2.36. The third-order valence-electron chi connectivity index (χ3n) is 23.6. The molecule has 25 rings (SSSR count). The van der Waals surface area contributed by atoms with Gasteiger partial charge in [0.2, 0.25) is 0 Å². The average molecular weight is 1800 g/mol. The molecule has 6 nitrogen and oxygen atoms in total. The molecule has 6 aliphatic heterocycles. The van der Waals surface area contributed by atoms with Crippen LogP contribution in [-0.2, 0) is 19.3 Å². The molecule has 0 N–H and O–H groups in total. The number of hydrogen-bond donors (Lipinski definition) is 0. The highest BCUT2D eigenvalue weighted by molar-refractivity contribution is 8.01. The van der Waals surface area contributed by atoms with Gasteiger partial charge in [-0.15, -0.1) is 11.3 Å². The van der Waals surface area contributed by atoms with Gasteiger partial charge in [-0.3, -0.25) is 0 Å². The summed E-state index contributed by atoms with van der Waals surface area (Å²) in [5.74, 6) is 0. The summed E-state index contributed by atoms with van der Waals surface area (Å²) in [6, 6.07) is 132. The number of rotatable bonds is 5. The van der Waals surface area contributed by atoms with Crippen LogP contribution >= 0.6 is 81.9 Å². The highest BCUT2D eigenvalue weighted by atomic mass is 32.2. The Bertz CT molecular complexity index is 7190. The Labute approximate surface area is 787 Å². The zero-order chi connectivity index (χ0) is 88.3. The van der Waals surface area contributed by atoms with Crippen LogP contribution in [0.5, 0.6) is 0 Å². The van der Waals surface area contributed by atoms with Crippen LogP contribution in [0.25, 0.3) is 54.0 Å². The SMILES string of the molecule is CC.CC.CC.Cc1ccc(-n2c3ccccc3oc3c4sc5ccccc5n(-c5ccc(C)cc5)c4ccc32)cc1.Cc1ccc(N2c3ccccc3Sc3c2ccc2c3Cc3ccccc3S2)cc1.Cc1ccc(N2c3ccccc3Sc3cc4c(cc32)Cc2ccccc2S4)cc1.Cc1ccc(N2c3ccccc3Sc3ccc4c(c32)Cc2ccccc2S4)cc1. The molecule has 17 aromatic carbocycles. The van der Waals surface area contributed by atoms with E-state index >= 15 is 0 Å². The Morgan fingerprint density at radius 3 is 1.17 bits per heavy atom. The van der Waals surface area contributed by atoms with Crippen LogP contribution in [0, 0.1) is 34.6 Å². The minimum Gasteiger partial charge on any atom is -0.451 e. The predicted molar refractivity (Wildman–Crippen MR) is 556 cm³/mol. The summed E-state index contributed by atoms with van der Waals surface area (Å²) in [5, 5.41) is 0. The van der Waals surface area contributed by atoms with Gasteiger partial charge in [-0.1, -0.05) is 316 Å². The molecule has 0 spiro atoms. The number of anilines is 9. The summed E-state index contributed by atoms with van der Waals surface area (Å²) in [4.78, 5) is 23.6. The van der Waals surface area contributed by atoms with Gasteiger partial charge in [0.25, 0.3) is 0 Å². The van der Waals surface area contributed by atoms with Crippen LogP contribution in [0.3, 0.4) is 0 Å². The van der Waals surface area contributed by atoms with E-state index in [4.69, 9.17) is 4.42 Å². The van der Waals surface area contributed by atoms with Crippen molar-refractivity contribution in [3.05, 3.63) is 425 Å². The molecule has 0 atom stereocenters. The van der Waals surface area contributed by atoms with Crippen molar-refractivity contribution < 1.29 is 4.42 Å². The van der Waals surface area contributed by atoms with E-state index in [-0.39, 0.29) is 0 Å². The van der Waals surface area contributed by atoms with Crippen molar-refractivity contribution in [3.63, 3.8) is 0 Å². The molecule has 0 radical (unpaired) electrons. The molecule has 0 aliphatic carbocycles. The van der Waals surface area contributed by atoms with Crippen molar-refractivity contribution in [2.24, 2.45) is 0 Å². The molecule has 129 heavy (non-hydrogen) atoms. The van der Waals surface area contributed by atoms with Gasteiger partial charge in [0.1, 0.15) is 0 Å². The quantitative estimate of drug-likeness (QED) is 0.123. The molecule has 2 aromatic heterocycles. The third kappa shape index (κ3) is 17.0. The number of aromatic nitrogens is 2. The Balaban J connectivity index is 0.000000110. The minimum absolute atomic E-state index is 0.861. The summed E-state index contributed by atoms with van der Waals surface area (Å²) in [6.45, 7) is 22.7. The lowest BCUT2D eigenvalue weighted by Crippen LogP contribution is -2.18. The Morgan fingerprint density at radius 1 is 0.240 bits per heavy atom. The first kappa shape index (κ1) is 86.3. The lowest BCUT2D eigenvalue weighted by molar-refractivity contribution is 0.657. The fourth-order valence-electron chi connectivity index (χ4n) is 17.4. The average Bonchev–Trinajstić information content (AvgIpc) is 0.721. The monoisotopic (exact) mass is 1800 g/mol. The number of fused-ring (bicyclic) bond motifs is 19. The van der Waals surface area contributed by atoms with Crippen LogP contribution in [0.4, 0.5) is 51.2 Å². The zero-order valence-electron chi connectivity index (χ0n) is 74.3. The van der Waals surface area contributed by atoms with E-state index < -0.39 is 0 Å². The summed E-state index contributed by atoms with van der Waals surface area (Å²) in [5.41, 5.74) is 34.7. The van der Waals surface area contributed by atoms with E-state index in [0.29, 0.717) is 0 Å². The summed E-state index contributed by atoms with van der Waals surface area (Å²) < 4.78 is 13.7. The van der Waals surface area contributed by atoms with Crippen molar-refractivity contribution in [1.82, 2.24) is 9.13 Å². The lowest BCUT2D eigenvalue weighted by atomic mass is 10.0. The number of nitrogens with zero attached hydrogens (tertiary/aromatic N) is 5. The maximum absolute atomic E-state index is 6.68. The van der Waals surface area contributed by atoms with Gasteiger partial charge in [-0.05, 0) is 262 Å². The first-order valence-corrected chi connectivity index (χ1v) is 50.3. The molecule has 0 bridgehead atoms. The highest BCUT2D eigenvalue weighted by Crippen LogP contribution is 2.60. The second-order valence-electron chi connectivity index (χ2n) is 31.8. The van der Waals surface area contributed by atoms with Crippen LogP contribution < -0.4 is 14.7 Å². The maximum atomic E-state index is 6.68. The summed E-state index contributed by atoms with van der Waals surface area (Å²) >= 11 is 13.2. The topological polar surface area (TPSA) is 32.7 Å². The molecule has 0 saturated carbocycles. The van der Waals surface area contributed by atoms with E-state index in [2.05, 4.69) is 416 Å². The van der Waals surface area contributed by atoms with E-state index in [9.17, 15) is 0 Å². The van der Waals surface area contributed by atoms with E-state index in [1.807, 2.05) is 118 Å². The molecule has 0 fully saturated rings. The fourth-order valence-corrected chi connectivity index (χ4v) is 25.3. The van der Waals surface area contributed by atoms with Crippen LogP contribution in [-0.4, -0.2) is 9.13 Å². The number of hydrogen-bond acceptors (Lipinski definition) is 11. The smallest absolute Gasteiger partial charge is 0.170 e. The first-order chi connectivity index (χ1) is 63.5. The van der Waals surface area contributed by atoms with Gasteiger partial charge in [0.15, 0.2) is 11.2 Å². The third-order valence-corrected chi connectivity index (χ3v) is 31.8. The van der Waals surface area contributed by atoms with Crippen LogP contribution in [0.15, 0.2) is 427 Å². The maximum Gasteiger partial charge on any atom is 0.170 e. The van der Waals surface area contributed by atoms with Crippen molar-refractivity contribution in [2.75, 3.05) is 14.7 Å². The number of benzene rings is 17. The van der Waals surface area contributed by atoms with Gasteiger partial charge in [-0.2, -0.15) is 0 Å². The molecule has 0 saturated heterocycles.